The van der Waals surface area contributed by atoms with Gasteiger partial charge in [0.1, 0.15) is 16.7 Å². The second kappa shape index (κ2) is 2.42. The summed E-state index contributed by atoms with van der Waals surface area (Å²) in [5, 5.41) is 16.0. The highest BCUT2D eigenvalue weighted by Crippen LogP contribution is 2.49. The fourth-order valence-corrected chi connectivity index (χ4v) is 1.95. The number of aryl methyl sites for hydroxylation is 1. The highest BCUT2D eigenvalue weighted by atomic mass is 16.4. The van der Waals surface area contributed by atoms with Crippen molar-refractivity contribution in [2.24, 2.45) is 0 Å². The Hall–Kier alpha value is -1.78. The van der Waals surface area contributed by atoms with Gasteiger partial charge in [-0.1, -0.05) is 0 Å². The van der Waals surface area contributed by atoms with Crippen LogP contribution >= 0.6 is 0 Å². The fraction of sp³-hybridized carbons (Fsp3) is 0.400. The number of fused-ring (bicyclic) bond motifs is 1. The molecule has 2 N–H and O–H groups in total. The van der Waals surface area contributed by atoms with Crippen LogP contribution in [0.3, 0.4) is 0 Å². The molecule has 78 valence electrons. The van der Waals surface area contributed by atoms with Gasteiger partial charge in [0.15, 0.2) is 5.58 Å². The summed E-state index contributed by atoms with van der Waals surface area (Å²) in [5.74, 6) is -0.0500. The lowest BCUT2D eigenvalue weighted by Gasteiger charge is -2.05. The van der Waals surface area contributed by atoms with Crippen LogP contribution in [-0.4, -0.2) is 21.3 Å². The van der Waals surface area contributed by atoms with Gasteiger partial charge in [-0.2, -0.15) is 5.10 Å². The molecule has 0 spiro atoms. The third-order valence-electron chi connectivity index (χ3n) is 2.99. The first-order valence-electron chi connectivity index (χ1n) is 4.82. The van der Waals surface area contributed by atoms with Crippen molar-refractivity contribution < 1.29 is 14.3 Å². The molecule has 0 aliphatic heterocycles. The first kappa shape index (κ1) is 8.52. The number of hydrogen-bond acceptors (Lipinski definition) is 3. The van der Waals surface area contributed by atoms with Gasteiger partial charge in [0.2, 0.25) is 0 Å². The molecule has 0 aromatic carbocycles. The second-order valence-corrected chi connectivity index (χ2v) is 4.06. The van der Waals surface area contributed by atoms with Crippen molar-refractivity contribution in [2.45, 2.75) is 25.2 Å². The van der Waals surface area contributed by atoms with E-state index in [1.54, 1.807) is 6.07 Å². The number of aromatic amines is 1. The summed E-state index contributed by atoms with van der Waals surface area (Å²) in [6, 6.07) is 1.80. The first-order chi connectivity index (χ1) is 7.13. The molecular weight excluding hydrogens is 196 g/mol. The van der Waals surface area contributed by atoms with E-state index in [1.165, 1.54) is 0 Å². The Morgan fingerprint density at radius 3 is 3.00 bits per heavy atom. The zero-order valence-electron chi connectivity index (χ0n) is 8.20. The van der Waals surface area contributed by atoms with E-state index in [9.17, 15) is 4.79 Å². The van der Waals surface area contributed by atoms with Crippen LogP contribution in [0, 0.1) is 6.92 Å². The van der Waals surface area contributed by atoms with Gasteiger partial charge in [0, 0.05) is 6.07 Å². The average Bonchev–Trinajstić information content (AvgIpc) is 2.76. The number of aromatic nitrogens is 2. The van der Waals surface area contributed by atoms with E-state index in [1.807, 2.05) is 6.92 Å². The van der Waals surface area contributed by atoms with E-state index < -0.39 is 11.4 Å². The molecule has 5 heteroatoms. The molecule has 1 fully saturated rings. The van der Waals surface area contributed by atoms with Crippen molar-refractivity contribution in [2.75, 3.05) is 0 Å². The van der Waals surface area contributed by atoms with E-state index in [-0.39, 0.29) is 0 Å². The van der Waals surface area contributed by atoms with Crippen molar-refractivity contribution in [1.29, 1.82) is 0 Å². The van der Waals surface area contributed by atoms with E-state index in [0.717, 1.165) is 5.76 Å². The standard InChI is InChI=1S/C10H10N2O3/c1-5-4-6-7(15-5)8(12-11-6)10(2-3-10)9(13)14/h4H,2-3H2,1H3,(H,11,12)(H,13,14). The Morgan fingerprint density at radius 1 is 1.67 bits per heavy atom. The summed E-state index contributed by atoms with van der Waals surface area (Å²) in [6.45, 7) is 1.83. The quantitative estimate of drug-likeness (QED) is 0.781. The Kier molecular flexibility index (Phi) is 1.37. The molecule has 1 saturated carbocycles. The predicted octanol–water partition coefficient (Wildman–Crippen LogP) is 1.58. The van der Waals surface area contributed by atoms with E-state index in [2.05, 4.69) is 10.2 Å². The molecule has 2 aromatic rings. The van der Waals surface area contributed by atoms with Gasteiger partial charge in [0.05, 0.1) is 5.69 Å². The van der Waals surface area contributed by atoms with Crippen LogP contribution in [0.25, 0.3) is 11.1 Å². The molecule has 1 aliphatic carbocycles. The Balaban J connectivity index is 2.23. The largest absolute Gasteiger partial charge is 0.481 e. The van der Waals surface area contributed by atoms with Crippen LogP contribution in [0.2, 0.25) is 0 Å². The molecule has 3 rings (SSSR count). The average molecular weight is 206 g/mol. The maximum absolute atomic E-state index is 11.1. The van der Waals surface area contributed by atoms with Gasteiger partial charge in [-0.15, -0.1) is 0 Å². The van der Waals surface area contributed by atoms with Gasteiger partial charge in [-0.3, -0.25) is 9.89 Å². The van der Waals surface area contributed by atoms with Crippen LogP contribution in [0.4, 0.5) is 0 Å². The molecule has 2 heterocycles. The number of carbonyl (C=O) groups is 1. The third kappa shape index (κ3) is 0.973. The number of nitrogens with zero attached hydrogens (tertiary/aromatic N) is 1. The number of aliphatic carboxylic acids is 1. The topological polar surface area (TPSA) is 79.1 Å². The van der Waals surface area contributed by atoms with Gasteiger partial charge in [-0.05, 0) is 19.8 Å². The van der Waals surface area contributed by atoms with Crippen molar-refractivity contribution in [1.82, 2.24) is 10.2 Å². The Bertz CT molecular complexity index is 548. The van der Waals surface area contributed by atoms with Gasteiger partial charge in [0.25, 0.3) is 0 Å². The summed E-state index contributed by atoms with van der Waals surface area (Å²) in [4.78, 5) is 11.1. The fourth-order valence-electron chi connectivity index (χ4n) is 1.95. The molecule has 1 aliphatic rings. The monoisotopic (exact) mass is 206 g/mol. The number of carboxylic acid groups (broad SMARTS) is 1. The number of rotatable bonds is 2. The Morgan fingerprint density at radius 2 is 2.40 bits per heavy atom. The van der Waals surface area contributed by atoms with E-state index in [0.29, 0.717) is 29.6 Å². The maximum atomic E-state index is 11.1. The molecule has 15 heavy (non-hydrogen) atoms. The van der Waals surface area contributed by atoms with Crippen molar-refractivity contribution in [3.8, 4) is 0 Å². The zero-order valence-corrected chi connectivity index (χ0v) is 8.20. The highest BCUT2D eigenvalue weighted by Gasteiger charge is 2.54. The summed E-state index contributed by atoms with van der Waals surface area (Å²) >= 11 is 0. The third-order valence-corrected chi connectivity index (χ3v) is 2.99. The normalized spacial score (nSPS) is 18.2. The smallest absolute Gasteiger partial charge is 0.315 e. The number of carboxylic acids is 1. The first-order valence-corrected chi connectivity index (χ1v) is 4.82. The summed E-state index contributed by atoms with van der Waals surface area (Å²) < 4.78 is 5.46. The minimum atomic E-state index is -0.804. The zero-order chi connectivity index (χ0) is 10.6. The Labute approximate surface area is 85.1 Å². The summed E-state index contributed by atoms with van der Waals surface area (Å²) in [7, 11) is 0. The van der Waals surface area contributed by atoms with Crippen LogP contribution in [0.1, 0.15) is 24.3 Å². The molecule has 0 radical (unpaired) electrons. The number of H-pyrrole nitrogens is 1. The van der Waals surface area contributed by atoms with Crippen LogP contribution in [-0.2, 0) is 10.2 Å². The lowest BCUT2D eigenvalue weighted by atomic mass is 10.0. The highest BCUT2D eigenvalue weighted by molar-refractivity contribution is 5.90. The SMILES string of the molecule is Cc1cc2n[nH]c(C3(C(=O)O)CC3)c2o1. The molecule has 5 nitrogen and oxygen atoms in total. The van der Waals surface area contributed by atoms with Crippen molar-refractivity contribution >= 4 is 17.1 Å². The van der Waals surface area contributed by atoms with E-state index >= 15 is 0 Å². The lowest BCUT2D eigenvalue weighted by molar-refractivity contribution is -0.140. The van der Waals surface area contributed by atoms with Crippen molar-refractivity contribution in [3.63, 3.8) is 0 Å². The number of nitrogens with one attached hydrogen (secondary N) is 1. The summed E-state index contributed by atoms with van der Waals surface area (Å²) in [5.41, 5.74) is 1.12. The van der Waals surface area contributed by atoms with Gasteiger partial charge in [-0.25, -0.2) is 0 Å². The minimum Gasteiger partial charge on any atom is -0.481 e. The van der Waals surface area contributed by atoms with E-state index in [4.69, 9.17) is 9.52 Å². The molecule has 0 saturated heterocycles. The number of hydrogen-bond donors (Lipinski definition) is 2. The van der Waals surface area contributed by atoms with Crippen molar-refractivity contribution in [3.05, 3.63) is 17.5 Å². The lowest BCUT2D eigenvalue weighted by Crippen LogP contribution is -2.20. The van der Waals surface area contributed by atoms with Crippen LogP contribution in [0.15, 0.2) is 10.5 Å². The van der Waals surface area contributed by atoms with Crippen LogP contribution < -0.4 is 0 Å². The molecule has 0 atom stereocenters. The number of furan rings is 1. The van der Waals surface area contributed by atoms with Gasteiger partial charge < -0.3 is 9.52 Å². The summed E-state index contributed by atoms with van der Waals surface area (Å²) in [6.07, 6.45) is 1.30. The minimum absolute atomic E-state index is 0.590. The van der Waals surface area contributed by atoms with Crippen LogP contribution in [0.5, 0.6) is 0 Å². The predicted molar refractivity (Wildman–Crippen MR) is 51.6 cm³/mol. The molecule has 2 aromatic heterocycles. The maximum Gasteiger partial charge on any atom is 0.315 e. The molecule has 0 bridgehead atoms. The van der Waals surface area contributed by atoms with Gasteiger partial charge >= 0.3 is 5.97 Å². The molecule has 0 amide bonds. The molecule has 0 unspecified atom stereocenters. The second-order valence-electron chi connectivity index (χ2n) is 4.06. The molecular formula is C10H10N2O3.